The topological polar surface area (TPSA) is 67.0 Å². The van der Waals surface area contributed by atoms with Crippen molar-refractivity contribution < 1.29 is 14.8 Å². The second kappa shape index (κ2) is 6.74. The molecule has 3 rings (SSSR count). The summed E-state index contributed by atoms with van der Waals surface area (Å²) in [7, 11) is -1.47. The molecule has 0 aliphatic rings. The van der Waals surface area contributed by atoms with E-state index in [1.54, 1.807) is 18.3 Å². The van der Waals surface area contributed by atoms with Gasteiger partial charge in [0.25, 0.3) is 0 Å². The van der Waals surface area contributed by atoms with E-state index in [1.165, 1.54) is 0 Å². The Bertz CT molecular complexity index is 743. The highest BCUT2D eigenvalue weighted by Crippen LogP contribution is 2.06. The van der Waals surface area contributed by atoms with Crippen LogP contribution in [-0.2, 0) is 17.8 Å². The molecule has 0 saturated carbocycles. The van der Waals surface area contributed by atoms with Crippen LogP contribution in [0.1, 0.15) is 11.3 Å². The fourth-order valence-electron chi connectivity index (χ4n) is 2.27. The molecule has 0 aliphatic heterocycles. The maximum absolute atomic E-state index is 9.17. The van der Waals surface area contributed by atoms with Gasteiger partial charge in [-0.15, -0.1) is 0 Å². The van der Waals surface area contributed by atoms with Gasteiger partial charge in [0, 0.05) is 18.8 Å². The second-order valence-corrected chi connectivity index (χ2v) is 5.12. The van der Waals surface area contributed by atoms with E-state index >= 15 is 0 Å². The Labute approximate surface area is 129 Å². The van der Waals surface area contributed by atoms with Gasteiger partial charge in [-0.2, -0.15) is 0 Å². The summed E-state index contributed by atoms with van der Waals surface area (Å²) in [6.07, 6.45) is 4.41. The molecule has 5 nitrogen and oxygen atoms in total. The number of hydrogen-bond donors (Lipinski definition) is 2. The van der Waals surface area contributed by atoms with Gasteiger partial charge >= 0.3 is 7.12 Å². The van der Waals surface area contributed by atoms with Gasteiger partial charge in [0.15, 0.2) is 0 Å². The summed E-state index contributed by atoms with van der Waals surface area (Å²) >= 11 is 0. The van der Waals surface area contributed by atoms with Gasteiger partial charge in [-0.1, -0.05) is 30.3 Å². The average molecular weight is 296 g/mol. The Kier molecular flexibility index (Phi) is 4.53. The van der Waals surface area contributed by atoms with Crippen molar-refractivity contribution in [1.82, 2.24) is 9.38 Å². The summed E-state index contributed by atoms with van der Waals surface area (Å²) in [4.78, 5) is 4.46. The minimum atomic E-state index is -1.47. The van der Waals surface area contributed by atoms with E-state index < -0.39 is 7.12 Å². The number of fused-ring (bicyclic) bond motifs is 1. The normalized spacial score (nSPS) is 11.0. The smallest absolute Gasteiger partial charge is 0.423 e. The van der Waals surface area contributed by atoms with Crippen molar-refractivity contribution in [2.75, 3.05) is 6.61 Å². The molecule has 112 valence electrons. The summed E-state index contributed by atoms with van der Waals surface area (Å²) < 4.78 is 7.51. The van der Waals surface area contributed by atoms with E-state index in [1.807, 2.05) is 40.9 Å². The van der Waals surface area contributed by atoms with Crippen molar-refractivity contribution in [2.45, 2.75) is 13.0 Å². The van der Waals surface area contributed by atoms with Crippen molar-refractivity contribution in [2.24, 2.45) is 0 Å². The molecule has 2 heterocycles. The Morgan fingerprint density at radius 3 is 2.73 bits per heavy atom. The van der Waals surface area contributed by atoms with Gasteiger partial charge in [-0.3, -0.25) is 0 Å². The number of aromatic nitrogens is 2. The van der Waals surface area contributed by atoms with Crippen LogP contribution < -0.4 is 5.46 Å². The van der Waals surface area contributed by atoms with E-state index in [9.17, 15) is 10.0 Å². The minimum Gasteiger partial charge on any atom is -0.423 e. The van der Waals surface area contributed by atoms with Crippen LogP contribution >= 0.6 is 0 Å². The largest absolute Gasteiger partial charge is 0.488 e. The van der Waals surface area contributed by atoms with Crippen molar-refractivity contribution in [3.8, 4) is 0 Å². The van der Waals surface area contributed by atoms with Crippen molar-refractivity contribution in [3.63, 3.8) is 0 Å². The van der Waals surface area contributed by atoms with Crippen molar-refractivity contribution in [3.05, 3.63) is 66.1 Å². The molecule has 0 saturated heterocycles. The predicted octanol–water partition coefficient (Wildman–Crippen LogP) is 0.773. The first kappa shape index (κ1) is 14.8. The Morgan fingerprint density at radius 1 is 1.14 bits per heavy atom. The van der Waals surface area contributed by atoms with Crippen molar-refractivity contribution in [1.29, 1.82) is 0 Å². The van der Waals surface area contributed by atoms with Crippen LogP contribution in [-0.4, -0.2) is 33.2 Å². The second-order valence-electron chi connectivity index (χ2n) is 5.12. The van der Waals surface area contributed by atoms with E-state index in [4.69, 9.17) is 4.74 Å². The SMILES string of the molecule is OB(O)c1ccn2cc(CCOCc3ccccc3)nc2c1. The van der Waals surface area contributed by atoms with Gasteiger partial charge in [0.2, 0.25) is 0 Å². The molecule has 0 fully saturated rings. The number of ether oxygens (including phenoxy) is 1. The first-order chi connectivity index (χ1) is 10.7. The minimum absolute atomic E-state index is 0.435. The van der Waals surface area contributed by atoms with E-state index in [0.29, 0.717) is 30.7 Å². The fourth-order valence-corrected chi connectivity index (χ4v) is 2.27. The van der Waals surface area contributed by atoms with Crippen LogP contribution in [0.15, 0.2) is 54.9 Å². The molecule has 0 bridgehead atoms. The monoisotopic (exact) mass is 296 g/mol. The van der Waals surface area contributed by atoms with Gasteiger partial charge in [-0.25, -0.2) is 4.98 Å². The number of benzene rings is 1. The lowest BCUT2D eigenvalue weighted by Crippen LogP contribution is -2.29. The Balaban J connectivity index is 1.57. The fraction of sp³-hybridized carbons (Fsp3) is 0.188. The first-order valence-corrected chi connectivity index (χ1v) is 7.18. The van der Waals surface area contributed by atoms with Gasteiger partial charge in [0.05, 0.1) is 18.9 Å². The van der Waals surface area contributed by atoms with E-state index in [-0.39, 0.29) is 0 Å². The molecule has 0 aliphatic carbocycles. The third-order valence-electron chi connectivity index (χ3n) is 3.45. The molecule has 1 aromatic carbocycles. The predicted molar refractivity (Wildman–Crippen MR) is 84.8 cm³/mol. The number of hydrogen-bond acceptors (Lipinski definition) is 4. The summed E-state index contributed by atoms with van der Waals surface area (Å²) in [5, 5.41) is 18.3. The molecular weight excluding hydrogens is 279 g/mol. The highest BCUT2D eigenvalue weighted by molar-refractivity contribution is 6.58. The van der Waals surface area contributed by atoms with Crippen molar-refractivity contribution >= 4 is 18.2 Å². The van der Waals surface area contributed by atoms with Gasteiger partial charge in [-0.05, 0) is 23.2 Å². The summed E-state index contributed by atoms with van der Waals surface area (Å²) in [5.41, 5.74) is 3.20. The highest BCUT2D eigenvalue weighted by atomic mass is 16.5. The van der Waals surface area contributed by atoms with Crippen LogP contribution in [0.25, 0.3) is 5.65 Å². The molecule has 0 radical (unpaired) electrons. The summed E-state index contributed by atoms with van der Waals surface area (Å²) in [6, 6.07) is 13.4. The van der Waals surface area contributed by atoms with E-state index in [2.05, 4.69) is 4.98 Å². The zero-order chi connectivity index (χ0) is 15.4. The average Bonchev–Trinajstić information content (AvgIpc) is 2.94. The molecule has 0 amide bonds. The van der Waals surface area contributed by atoms with Crippen LogP contribution in [0.5, 0.6) is 0 Å². The molecule has 2 aromatic heterocycles. The Hall–Kier alpha value is -2.15. The third-order valence-corrected chi connectivity index (χ3v) is 3.45. The third kappa shape index (κ3) is 3.54. The molecule has 0 spiro atoms. The molecule has 3 aromatic rings. The molecule has 6 heteroatoms. The number of nitrogens with zero attached hydrogens (tertiary/aromatic N) is 2. The number of rotatable bonds is 6. The number of pyridine rings is 1. The highest BCUT2D eigenvalue weighted by Gasteiger charge is 2.12. The standard InChI is InChI=1S/C16H17BN2O3/c20-17(21)14-6-8-19-11-15(18-16(19)10-14)7-9-22-12-13-4-2-1-3-5-13/h1-6,8,10-11,20-21H,7,9,12H2. The quantitative estimate of drug-likeness (QED) is 0.521. The maximum atomic E-state index is 9.17. The zero-order valence-electron chi connectivity index (χ0n) is 12.1. The van der Waals surface area contributed by atoms with Crippen LogP contribution in [0.3, 0.4) is 0 Å². The molecule has 0 unspecified atom stereocenters. The molecule has 22 heavy (non-hydrogen) atoms. The Morgan fingerprint density at radius 2 is 1.95 bits per heavy atom. The van der Waals surface area contributed by atoms with E-state index in [0.717, 1.165) is 11.3 Å². The lowest BCUT2D eigenvalue weighted by molar-refractivity contribution is 0.123. The van der Waals surface area contributed by atoms with Gasteiger partial charge in [0.1, 0.15) is 5.65 Å². The van der Waals surface area contributed by atoms with Crippen LogP contribution in [0.4, 0.5) is 0 Å². The molecular formula is C16H17BN2O3. The van der Waals surface area contributed by atoms with Crippen LogP contribution in [0.2, 0.25) is 0 Å². The summed E-state index contributed by atoms with van der Waals surface area (Å²) in [5.74, 6) is 0. The summed E-state index contributed by atoms with van der Waals surface area (Å²) in [6.45, 7) is 1.18. The molecule has 2 N–H and O–H groups in total. The first-order valence-electron chi connectivity index (χ1n) is 7.18. The number of imidazole rings is 1. The van der Waals surface area contributed by atoms with Crippen LogP contribution in [0, 0.1) is 0 Å². The van der Waals surface area contributed by atoms with Gasteiger partial charge < -0.3 is 19.2 Å². The lowest BCUT2D eigenvalue weighted by atomic mass is 9.81. The zero-order valence-corrected chi connectivity index (χ0v) is 12.1. The maximum Gasteiger partial charge on any atom is 0.488 e. The lowest BCUT2D eigenvalue weighted by Gasteiger charge is -2.02. The molecule has 0 atom stereocenters.